The van der Waals surface area contributed by atoms with Crippen molar-refractivity contribution in [2.75, 3.05) is 19.3 Å². The highest BCUT2D eigenvalue weighted by Crippen LogP contribution is 2.37. The maximum Gasteiger partial charge on any atom is 0.250 e. The molecule has 2 aliphatic rings. The molecule has 0 radical (unpaired) electrons. The van der Waals surface area contributed by atoms with Crippen LogP contribution in [-0.4, -0.2) is 23.9 Å². The van der Waals surface area contributed by atoms with Gasteiger partial charge in [0.05, 0.1) is 0 Å². The molecule has 3 heterocycles. The van der Waals surface area contributed by atoms with Crippen molar-refractivity contribution in [1.29, 1.82) is 0 Å². The Hall–Kier alpha value is -1.52. The monoisotopic (exact) mass is 312 g/mol. The van der Waals surface area contributed by atoms with Crippen molar-refractivity contribution in [3.05, 3.63) is 52.4 Å². The van der Waals surface area contributed by atoms with E-state index in [-0.39, 0.29) is 5.56 Å². The molecule has 0 aliphatic carbocycles. The van der Waals surface area contributed by atoms with Crippen molar-refractivity contribution in [2.24, 2.45) is 5.92 Å². The molecule has 2 unspecified atom stereocenters. The number of benzene rings is 1. The number of rotatable bonds is 2. The molecular weight excluding hydrogens is 292 g/mol. The Balaban J connectivity index is 1.86. The summed E-state index contributed by atoms with van der Waals surface area (Å²) in [5.74, 6) is 1.05. The molecule has 0 saturated carbocycles. The fraction of sp³-hybridized carbons (Fsp3) is 0.389. The highest BCUT2D eigenvalue weighted by molar-refractivity contribution is 7.98. The van der Waals surface area contributed by atoms with E-state index >= 15 is 0 Å². The summed E-state index contributed by atoms with van der Waals surface area (Å²) in [5.41, 5.74) is 3.81. The molecule has 3 nitrogen and oxygen atoms in total. The van der Waals surface area contributed by atoms with Gasteiger partial charge in [-0.25, -0.2) is 0 Å². The van der Waals surface area contributed by atoms with Crippen molar-refractivity contribution < 1.29 is 0 Å². The van der Waals surface area contributed by atoms with Crippen molar-refractivity contribution in [3.63, 3.8) is 0 Å². The predicted molar refractivity (Wildman–Crippen MR) is 91.6 cm³/mol. The van der Waals surface area contributed by atoms with Gasteiger partial charge in [-0.1, -0.05) is 12.1 Å². The molecule has 0 spiro atoms. The molecule has 4 heteroatoms. The van der Waals surface area contributed by atoms with Crippen LogP contribution in [0, 0.1) is 5.92 Å². The zero-order valence-corrected chi connectivity index (χ0v) is 13.5. The normalized spacial score (nSPS) is 23.1. The highest BCUT2D eigenvalue weighted by atomic mass is 32.2. The van der Waals surface area contributed by atoms with Crippen molar-refractivity contribution in [1.82, 2.24) is 9.88 Å². The third-order valence-electron chi connectivity index (χ3n) is 4.90. The number of fused-ring (bicyclic) bond motifs is 4. The summed E-state index contributed by atoms with van der Waals surface area (Å²) in [6.07, 6.45) is 3.29. The van der Waals surface area contributed by atoms with Gasteiger partial charge in [-0.2, -0.15) is 0 Å². The Labute approximate surface area is 134 Å². The minimum Gasteiger partial charge on any atom is -0.316 e. The standard InChI is InChI=1S/C18H20N2OS/c1-22-15-4-2-13(3-5-15)16-6-7-17(21)20-11-12-8-14(18(16)20)10-19-9-12/h2-7,12,14,19H,8-11H2,1H3. The van der Waals surface area contributed by atoms with Gasteiger partial charge in [0.15, 0.2) is 0 Å². The number of nitrogens with zero attached hydrogens (tertiary/aromatic N) is 1. The lowest BCUT2D eigenvalue weighted by molar-refractivity contribution is 0.258. The summed E-state index contributed by atoms with van der Waals surface area (Å²) in [4.78, 5) is 13.6. The largest absolute Gasteiger partial charge is 0.316 e. The Kier molecular flexibility index (Phi) is 3.59. The van der Waals surface area contributed by atoms with Crippen LogP contribution in [-0.2, 0) is 6.54 Å². The SMILES string of the molecule is CSc1ccc(-c2ccc(=O)n3c2C2CNCC(C2)C3)cc1. The van der Waals surface area contributed by atoms with Gasteiger partial charge < -0.3 is 9.88 Å². The van der Waals surface area contributed by atoms with Crippen LogP contribution < -0.4 is 10.9 Å². The zero-order chi connectivity index (χ0) is 15.1. The van der Waals surface area contributed by atoms with E-state index in [9.17, 15) is 4.79 Å². The summed E-state index contributed by atoms with van der Waals surface area (Å²) in [7, 11) is 0. The van der Waals surface area contributed by atoms with E-state index in [0.29, 0.717) is 11.8 Å². The van der Waals surface area contributed by atoms with E-state index < -0.39 is 0 Å². The Morgan fingerprint density at radius 2 is 1.95 bits per heavy atom. The molecule has 22 heavy (non-hydrogen) atoms. The van der Waals surface area contributed by atoms with E-state index in [2.05, 4.69) is 35.8 Å². The Morgan fingerprint density at radius 3 is 2.73 bits per heavy atom. The van der Waals surface area contributed by atoms with Gasteiger partial charge in [0.2, 0.25) is 0 Å². The zero-order valence-electron chi connectivity index (χ0n) is 12.7. The van der Waals surface area contributed by atoms with Crippen LogP contribution in [0.25, 0.3) is 11.1 Å². The maximum atomic E-state index is 12.3. The average molecular weight is 312 g/mol. The number of thioether (sulfide) groups is 1. The second-order valence-corrected chi connectivity index (χ2v) is 7.15. The van der Waals surface area contributed by atoms with Gasteiger partial charge in [0, 0.05) is 41.2 Å². The summed E-state index contributed by atoms with van der Waals surface area (Å²) >= 11 is 1.75. The van der Waals surface area contributed by atoms with E-state index in [0.717, 1.165) is 19.6 Å². The lowest BCUT2D eigenvalue weighted by Crippen LogP contribution is -2.45. The summed E-state index contributed by atoms with van der Waals surface area (Å²) < 4.78 is 2.03. The minimum atomic E-state index is 0.149. The van der Waals surface area contributed by atoms with Crippen molar-refractivity contribution >= 4 is 11.8 Å². The number of nitrogens with one attached hydrogen (secondary N) is 1. The van der Waals surface area contributed by atoms with Gasteiger partial charge in [-0.05, 0) is 48.9 Å². The van der Waals surface area contributed by atoms with Gasteiger partial charge in [0.1, 0.15) is 0 Å². The van der Waals surface area contributed by atoms with E-state index in [1.807, 2.05) is 10.6 Å². The highest BCUT2D eigenvalue weighted by Gasteiger charge is 2.32. The minimum absolute atomic E-state index is 0.149. The molecule has 2 atom stereocenters. The molecular formula is C18H20N2OS. The van der Waals surface area contributed by atoms with Gasteiger partial charge in [0.25, 0.3) is 5.56 Å². The number of pyridine rings is 1. The van der Waals surface area contributed by atoms with Crippen molar-refractivity contribution in [3.8, 4) is 11.1 Å². The first kappa shape index (κ1) is 14.1. The number of aromatic nitrogens is 1. The van der Waals surface area contributed by atoms with Crippen molar-refractivity contribution in [2.45, 2.75) is 23.8 Å². The van der Waals surface area contributed by atoms with Gasteiger partial charge >= 0.3 is 0 Å². The summed E-state index contributed by atoms with van der Waals surface area (Å²) in [6, 6.07) is 12.4. The lowest BCUT2D eigenvalue weighted by Gasteiger charge is -2.38. The second-order valence-electron chi connectivity index (χ2n) is 6.27. The Morgan fingerprint density at radius 1 is 1.14 bits per heavy atom. The first-order valence-corrected chi connectivity index (χ1v) is 9.07. The second kappa shape index (κ2) is 5.60. The van der Waals surface area contributed by atoms with E-state index in [4.69, 9.17) is 0 Å². The molecule has 0 amide bonds. The lowest BCUT2D eigenvalue weighted by atomic mass is 9.81. The molecule has 4 rings (SSSR count). The maximum absolute atomic E-state index is 12.3. The molecule has 1 saturated heterocycles. The van der Waals surface area contributed by atoms with Crippen LogP contribution in [0.4, 0.5) is 0 Å². The average Bonchev–Trinajstić information content (AvgIpc) is 2.56. The molecule has 1 N–H and O–H groups in total. The fourth-order valence-corrected chi connectivity index (χ4v) is 4.28. The summed E-state index contributed by atoms with van der Waals surface area (Å²) in [6.45, 7) is 2.87. The summed E-state index contributed by atoms with van der Waals surface area (Å²) in [5, 5.41) is 3.53. The van der Waals surface area contributed by atoms with Crippen LogP contribution >= 0.6 is 11.8 Å². The van der Waals surface area contributed by atoms with Crippen LogP contribution in [0.1, 0.15) is 18.0 Å². The molecule has 2 aliphatic heterocycles. The van der Waals surface area contributed by atoms with Crippen LogP contribution in [0.2, 0.25) is 0 Å². The van der Waals surface area contributed by atoms with E-state index in [1.165, 1.54) is 28.1 Å². The molecule has 1 aromatic carbocycles. The van der Waals surface area contributed by atoms with Crippen LogP contribution in [0.5, 0.6) is 0 Å². The Bertz CT molecular complexity index is 751. The molecule has 2 bridgehead atoms. The van der Waals surface area contributed by atoms with Gasteiger partial charge in [-0.3, -0.25) is 4.79 Å². The number of piperidine rings is 1. The van der Waals surface area contributed by atoms with Crippen LogP contribution in [0.3, 0.4) is 0 Å². The molecule has 1 aromatic heterocycles. The van der Waals surface area contributed by atoms with Gasteiger partial charge in [-0.15, -0.1) is 11.8 Å². The first-order valence-electron chi connectivity index (χ1n) is 7.85. The fourth-order valence-electron chi connectivity index (χ4n) is 3.87. The van der Waals surface area contributed by atoms with Crippen LogP contribution in [0.15, 0.2) is 46.1 Å². The number of hydrogen-bond acceptors (Lipinski definition) is 3. The van der Waals surface area contributed by atoms with E-state index in [1.54, 1.807) is 17.8 Å². The number of hydrogen-bond donors (Lipinski definition) is 1. The molecule has 2 aromatic rings. The molecule has 114 valence electrons. The first-order chi connectivity index (χ1) is 10.8. The molecule has 1 fully saturated rings. The third-order valence-corrected chi connectivity index (χ3v) is 5.64. The quantitative estimate of drug-likeness (QED) is 0.866. The third kappa shape index (κ3) is 2.31. The predicted octanol–water partition coefficient (Wildman–Crippen LogP) is 2.94. The topological polar surface area (TPSA) is 34.0 Å². The smallest absolute Gasteiger partial charge is 0.250 e.